The first kappa shape index (κ1) is 21.7. The van der Waals surface area contributed by atoms with Crippen molar-refractivity contribution in [2.24, 2.45) is 0 Å². The van der Waals surface area contributed by atoms with Crippen LogP contribution in [0.4, 0.5) is 5.69 Å². The number of methoxy groups -OCH3 is 1. The number of Topliss-reactive ketones (excluding diaryl/α,β-unsaturated/α-hetero) is 1. The SMILES string of the molecule is COc1ccc(N2C(=O)[C@](C(=O)Cc3ccccc3)(c3ccccc3)[C@@H]2c2ccccc2)cc1. The summed E-state index contributed by atoms with van der Waals surface area (Å²) in [5.74, 6) is 0.398. The summed E-state index contributed by atoms with van der Waals surface area (Å²) < 4.78 is 5.30. The van der Waals surface area contributed by atoms with Crippen LogP contribution in [0.3, 0.4) is 0 Å². The van der Waals surface area contributed by atoms with Crippen LogP contribution in [0, 0.1) is 0 Å². The van der Waals surface area contributed by atoms with Crippen LogP contribution in [0.5, 0.6) is 5.75 Å². The lowest BCUT2D eigenvalue weighted by molar-refractivity contribution is -0.143. The molecule has 0 spiro atoms. The molecule has 4 aromatic rings. The number of anilines is 1. The summed E-state index contributed by atoms with van der Waals surface area (Å²) in [6, 6.07) is 35.8. The minimum Gasteiger partial charge on any atom is -0.497 e. The number of ketones is 1. The molecule has 1 saturated heterocycles. The van der Waals surface area contributed by atoms with E-state index in [0.29, 0.717) is 5.75 Å². The van der Waals surface area contributed by atoms with E-state index in [1.54, 1.807) is 12.0 Å². The van der Waals surface area contributed by atoms with Crippen LogP contribution in [0.1, 0.15) is 22.7 Å². The van der Waals surface area contributed by atoms with Gasteiger partial charge < -0.3 is 9.64 Å². The Kier molecular flexibility index (Phi) is 5.72. The maximum absolute atomic E-state index is 14.1. The van der Waals surface area contributed by atoms with Gasteiger partial charge in [-0.2, -0.15) is 0 Å². The highest BCUT2D eigenvalue weighted by molar-refractivity contribution is 6.25. The lowest BCUT2D eigenvalue weighted by atomic mass is 9.60. The summed E-state index contributed by atoms with van der Waals surface area (Å²) in [5, 5.41) is 0. The van der Waals surface area contributed by atoms with Crippen LogP contribution in [-0.2, 0) is 21.4 Å². The molecule has 1 aliphatic heterocycles. The van der Waals surface area contributed by atoms with Gasteiger partial charge in [0.25, 0.3) is 0 Å². The number of amides is 1. The van der Waals surface area contributed by atoms with Crippen molar-refractivity contribution >= 4 is 17.4 Å². The van der Waals surface area contributed by atoms with E-state index >= 15 is 0 Å². The minimum atomic E-state index is -1.31. The molecule has 0 aliphatic carbocycles. The minimum absolute atomic E-state index is 0.103. The van der Waals surface area contributed by atoms with E-state index in [1.807, 2.05) is 115 Å². The fraction of sp³-hybridized carbons (Fsp3) is 0.133. The Bertz CT molecular complexity index is 1290. The quantitative estimate of drug-likeness (QED) is 0.276. The Hall–Kier alpha value is -4.18. The molecule has 1 aliphatic rings. The molecule has 0 N–H and O–H groups in total. The molecule has 4 nitrogen and oxygen atoms in total. The number of carbonyl (C=O) groups is 2. The van der Waals surface area contributed by atoms with Crippen LogP contribution >= 0.6 is 0 Å². The molecular formula is C30H25NO3. The van der Waals surface area contributed by atoms with Crippen molar-refractivity contribution < 1.29 is 14.3 Å². The third-order valence-corrected chi connectivity index (χ3v) is 6.57. The van der Waals surface area contributed by atoms with E-state index in [9.17, 15) is 9.59 Å². The van der Waals surface area contributed by atoms with Gasteiger partial charge in [-0.1, -0.05) is 91.0 Å². The van der Waals surface area contributed by atoms with Gasteiger partial charge in [-0.15, -0.1) is 0 Å². The average Bonchev–Trinajstić information content (AvgIpc) is 2.89. The average molecular weight is 448 g/mol. The third kappa shape index (κ3) is 3.48. The second-order valence-electron chi connectivity index (χ2n) is 8.45. The molecule has 34 heavy (non-hydrogen) atoms. The molecule has 0 saturated carbocycles. The molecule has 168 valence electrons. The molecule has 0 radical (unpaired) electrons. The first-order valence-electron chi connectivity index (χ1n) is 11.3. The topological polar surface area (TPSA) is 46.6 Å². The molecule has 0 bridgehead atoms. The lowest BCUT2D eigenvalue weighted by Crippen LogP contribution is -2.70. The fourth-order valence-electron chi connectivity index (χ4n) is 4.93. The number of benzene rings is 4. The summed E-state index contributed by atoms with van der Waals surface area (Å²) in [6.07, 6.45) is 0.182. The molecule has 2 atom stereocenters. The van der Waals surface area contributed by atoms with E-state index in [4.69, 9.17) is 4.74 Å². The van der Waals surface area contributed by atoms with Gasteiger partial charge in [0.05, 0.1) is 13.2 Å². The predicted octanol–water partition coefficient (Wildman–Crippen LogP) is 5.53. The zero-order valence-electron chi connectivity index (χ0n) is 18.9. The third-order valence-electron chi connectivity index (χ3n) is 6.57. The van der Waals surface area contributed by atoms with Crippen LogP contribution < -0.4 is 9.64 Å². The van der Waals surface area contributed by atoms with Gasteiger partial charge in [0.2, 0.25) is 5.91 Å². The maximum Gasteiger partial charge on any atom is 0.248 e. The van der Waals surface area contributed by atoms with Crippen LogP contribution in [0.15, 0.2) is 115 Å². The van der Waals surface area contributed by atoms with E-state index in [-0.39, 0.29) is 18.1 Å². The van der Waals surface area contributed by atoms with Gasteiger partial charge in [0.1, 0.15) is 5.75 Å². The first-order chi connectivity index (χ1) is 16.7. The van der Waals surface area contributed by atoms with Crippen molar-refractivity contribution in [3.05, 3.63) is 132 Å². The maximum atomic E-state index is 14.1. The molecule has 1 fully saturated rings. The lowest BCUT2D eigenvalue weighted by Gasteiger charge is -2.55. The summed E-state index contributed by atoms with van der Waals surface area (Å²) in [6.45, 7) is 0. The van der Waals surface area contributed by atoms with Crippen molar-refractivity contribution in [2.75, 3.05) is 12.0 Å². The Balaban J connectivity index is 1.67. The number of rotatable bonds is 7. The number of hydrogen-bond donors (Lipinski definition) is 0. The van der Waals surface area contributed by atoms with Gasteiger partial charge in [-0.25, -0.2) is 0 Å². The predicted molar refractivity (Wildman–Crippen MR) is 133 cm³/mol. The van der Waals surface area contributed by atoms with Crippen molar-refractivity contribution in [1.82, 2.24) is 0 Å². The Morgan fingerprint density at radius 3 is 1.94 bits per heavy atom. The van der Waals surface area contributed by atoms with E-state index in [2.05, 4.69) is 0 Å². The Morgan fingerprint density at radius 2 is 1.35 bits per heavy atom. The first-order valence-corrected chi connectivity index (χ1v) is 11.3. The smallest absolute Gasteiger partial charge is 0.248 e. The van der Waals surface area contributed by atoms with Crippen molar-refractivity contribution in [1.29, 1.82) is 0 Å². The van der Waals surface area contributed by atoms with Crippen LogP contribution in [-0.4, -0.2) is 18.8 Å². The number of ether oxygens (including phenoxy) is 1. The zero-order chi connectivity index (χ0) is 23.5. The molecule has 4 heteroatoms. The summed E-state index contributed by atoms with van der Waals surface area (Å²) in [7, 11) is 1.61. The standard InChI is InChI=1S/C30H25NO3/c1-34-26-19-17-25(18-20-26)31-28(23-13-7-3-8-14-23)30(29(31)33,24-15-9-4-10-16-24)27(32)21-22-11-5-2-6-12-22/h2-20,28H,21H2,1H3/t28-,30-/m0/s1. The fourth-order valence-corrected chi connectivity index (χ4v) is 4.93. The molecule has 1 heterocycles. The van der Waals surface area contributed by atoms with Crippen molar-refractivity contribution in [2.45, 2.75) is 17.9 Å². The van der Waals surface area contributed by atoms with E-state index < -0.39 is 11.5 Å². The van der Waals surface area contributed by atoms with Crippen LogP contribution in [0.2, 0.25) is 0 Å². The van der Waals surface area contributed by atoms with Gasteiger partial charge in [-0.05, 0) is 41.0 Å². The molecule has 5 rings (SSSR count). The summed E-state index contributed by atoms with van der Waals surface area (Å²) in [4.78, 5) is 30.0. The number of carbonyl (C=O) groups excluding carboxylic acids is 2. The normalized spacial score (nSPS) is 19.4. The van der Waals surface area contributed by atoms with Gasteiger partial charge >= 0.3 is 0 Å². The van der Waals surface area contributed by atoms with E-state index in [1.165, 1.54) is 0 Å². The Morgan fingerprint density at radius 1 is 0.794 bits per heavy atom. The second-order valence-corrected chi connectivity index (χ2v) is 8.45. The molecule has 0 aromatic heterocycles. The molecule has 1 amide bonds. The zero-order valence-corrected chi connectivity index (χ0v) is 18.9. The monoisotopic (exact) mass is 447 g/mol. The highest BCUT2D eigenvalue weighted by Crippen LogP contribution is 2.54. The second kappa shape index (κ2) is 8.99. The van der Waals surface area contributed by atoms with Gasteiger partial charge in [-0.3, -0.25) is 9.59 Å². The number of hydrogen-bond acceptors (Lipinski definition) is 3. The number of β-lactam (4-membered cyclic amide) rings is 1. The van der Waals surface area contributed by atoms with Crippen molar-refractivity contribution in [3.8, 4) is 5.75 Å². The van der Waals surface area contributed by atoms with Gasteiger partial charge in [0.15, 0.2) is 11.2 Å². The van der Waals surface area contributed by atoms with Gasteiger partial charge in [0, 0.05) is 12.1 Å². The highest BCUT2D eigenvalue weighted by atomic mass is 16.5. The molecule has 4 aromatic carbocycles. The Labute approximate surface area is 199 Å². The van der Waals surface area contributed by atoms with Crippen molar-refractivity contribution in [3.63, 3.8) is 0 Å². The van der Waals surface area contributed by atoms with Crippen LogP contribution in [0.25, 0.3) is 0 Å². The molecular weight excluding hydrogens is 422 g/mol. The summed E-state index contributed by atoms with van der Waals surface area (Å²) in [5.41, 5.74) is 1.96. The highest BCUT2D eigenvalue weighted by Gasteiger charge is 2.66. The molecule has 0 unspecified atom stereocenters. The van der Waals surface area contributed by atoms with E-state index in [0.717, 1.165) is 22.4 Å². The number of nitrogens with zero attached hydrogens (tertiary/aromatic N) is 1. The summed E-state index contributed by atoms with van der Waals surface area (Å²) >= 11 is 0. The largest absolute Gasteiger partial charge is 0.497 e.